The van der Waals surface area contributed by atoms with Gasteiger partial charge in [-0.2, -0.15) is 5.26 Å². The van der Waals surface area contributed by atoms with Gasteiger partial charge in [0.25, 0.3) is 5.91 Å². The van der Waals surface area contributed by atoms with Crippen LogP contribution < -0.4 is 9.80 Å². The van der Waals surface area contributed by atoms with E-state index in [9.17, 15) is 10.1 Å². The summed E-state index contributed by atoms with van der Waals surface area (Å²) in [5.74, 6) is 0.691. The fourth-order valence-electron chi connectivity index (χ4n) is 4.19. The van der Waals surface area contributed by atoms with E-state index in [-0.39, 0.29) is 18.1 Å². The predicted molar refractivity (Wildman–Crippen MR) is 128 cm³/mol. The predicted octanol–water partition coefficient (Wildman–Crippen LogP) is 4.21. The molecule has 0 N–H and O–H groups in total. The number of rotatable bonds is 4. The second-order valence-corrected chi connectivity index (χ2v) is 8.39. The van der Waals surface area contributed by atoms with Crippen LogP contribution in [0.4, 0.5) is 11.5 Å². The molecule has 3 aromatic rings. The molecule has 0 bridgehead atoms. The monoisotopic (exact) mass is 441 g/mol. The van der Waals surface area contributed by atoms with E-state index in [1.165, 1.54) is 0 Å². The highest BCUT2D eigenvalue weighted by Gasteiger charge is 2.25. The number of anilines is 2. The number of carbonyl (C=O) groups is 1. The SMILES string of the molecule is Cc1nc(N2CC(C)OC(C)C2)ccc1C(=O)N(C)c1ccc(C#N)c(-c2ccccn2)c1. The van der Waals surface area contributed by atoms with Gasteiger partial charge in [-0.1, -0.05) is 6.07 Å². The lowest BCUT2D eigenvalue weighted by molar-refractivity contribution is -0.00547. The number of benzene rings is 1. The molecule has 1 amide bonds. The fraction of sp³-hybridized carbons (Fsp3) is 0.308. The van der Waals surface area contributed by atoms with E-state index in [4.69, 9.17) is 9.72 Å². The van der Waals surface area contributed by atoms with Crippen LogP contribution in [0.25, 0.3) is 11.3 Å². The van der Waals surface area contributed by atoms with Crippen molar-refractivity contribution in [2.75, 3.05) is 29.9 Å². The van der Waals surface area contributed by atoms with Crippen LogP contribution >= 0.6 is 0 Å². The van der Waals surface area contributed by atoms with Gasteiger partial charge in [0.05, 0.1) is 40.8 Å². The Morgan fingerprint density at radius 3 is 2.55 bits per heavy atom. The molecule has 7 nitrogen and oxygen atoms in total. The van der Waals surface area contributed by atoms with E-state index in [0.717, 1.165) is 18.9 Å². The van der Waals surface area contributed by atoms with Crippen molar-refractivity contribution < 1.29 is 9.53 Å². The van der Waals surface area contributed by atoms with Crippen molar-refractivity contribution in [3.63, 3.8) is 0 Å². The summed E-state index contributed by atoms with van der Waals surface area (Å²) in [6, 6.07) is 16.8. The maximum Gasteiger partial charge on any atom is 0.259 e. The minimum Gasteiger partial charge on any atom is -0.372 e. The molecule has 33 heavy (non-hydrogen) atoms. The maximum absolute atomic E-state index is 13.3. The highest BCUT2D eigenvalue weighted by atomic mass is 16.5. The van der Waals surface area contributed by atoms with Crippen LogP contribution in [0, 0.1) is 18.3 Å². The molecule has 1 fully saturated rings. The van der Waals surface area contributed by atoms with E-state index >= 15 is 0 Å². The Kier molecular flexibility index (Phi) is 6.38. The molecule has 1 saturated heterocycles. The highest BCUT2D eigenvalue weighted by molar-refractivity contribution is 6.06. The number of aromatic nitrogens is 2. The molecule has 2 aromatic heterocycles. The number of nitrogens with zero attached hydrogens (tertiary/aromatic N) is 5. The first kappa shape index (κ1) is 22.4. The van der Waals surface area contributed by atoms with Crippen LogP contribution in [0.1, 0.15) is 35.5 Å². The van der Waals surface area contributed by atoms with Gasteiger partial charge >= 0.3 is 0 Å². The zero-order valence-corrected chi connectivity index (χ0v) is 19.3. The molecular formula is C26H27N5O2. The number of ether oxygens (including phenoxy) is 1. The Morgan fingerprint density at radius 1 is 1.15 bits per heavy atom. The first-order valence-electron chi connectivity index (χ1n) is 11.0. The van der Waals surface area contributed by atoms with Gasteiger partial charge in [-0.15, -0.1) is 0 Å². The second kappa shape index (κ2) is 9.39. The minimum absolute atomic E-state index is 0.132. The van der Waals surface area contributed by atoms with Gasteiger partial charge in [-0.3, -0.25) is 9.78 Å². The Morgan fingerprint density at radius 2 is 1.91 bits per heavy atom. The fourth-order valence-corrected chi connectivity index (χ4v) is 4.19. The lowest BCUT2D eigenvalue weighted by Gasteiger charge is -2.36. The standard InChI is InChI=1S/C26H27N5O2/c1-17-15-31(16-18(2)33-17)25-11-10-22(19(3)29-25)26(32)30(4)21-9-8-20(14-27)23(13-21)24-7-5-6-12-28-24/h5-13,17-18H,15-16H2,1-4H3. The summed E-state index contributed by atoms with van der Waals surface area (Å²) in [5, 5.41) is 9.52. The summed E-state index contributed by atoms with van der Waals surface area (Å²) < 4.78 is 5.81. The van der Waals surface area contributed by atoms with Crippen molar-refractivity contribution in [2.24, 2.45) is 0 Å². The molecular weight excluding hydrogens is 414 g/mol. The van der Waals surface area contributed by atoms with E-state index in [1.54, 1.807) is 30.3 Å². The lowest BCUT2D eigenvalue weighted by atomic mass is 10.0. The topological polar surface area (TPSA) is 82.4 Å². The van der Waals surface area contributed by atoms with E-state index in [1.807, 2.05) is 43.3 Å². The molecule has 0 spiro atoms. The minimum atomic E-state index is -0.160. The van der Waals surface area contributed by atoms with Gasteiger partial charge in [-0.25, -0.2) is 4.98 Å². The van der Waals surface area contributed by atoms with Gasteiger partial charge in [0.15, 0.2) is 0 Å². The van der Waals surface area contributed by atoms with Crippen molar-refractivity contribution in [1.82, 2.24) is 9.97 Å². The van der Waals surface area contributed by atoms with Crippen molar-refractivity contribution in [3.8, 4) is 17.3 Å². The Bertz CT molecular complexity index is 1200. The molecule has 2 atom stereocenters. The van der Waals surface area contributed by atoms with Crippen LogP contribution in [0.2, 0.25) is 0 Å². The van der Waals surface area contributed by atoms with Crippen LogP contribution in [0.5, 0.6) is 0 Å². The van der Waals surface area contributed by atoms with Gasteiger partial charge in [0.1, 0.15) is 5.82 Å². The van der Waals surface area contributed by atoms with Gasteiger partial charge in [-0.05, 0) is 63.2 Å². The first-order chi connectivity index (χ1) is 15.9. The quantitative estimate of drug-likeness (QED) is 0.603. The molecule has 1 aliphatic rings. The third-order valence-corrected chi connectivity index (χ3v) is 5.80. The molecule has 1 aliphatic heterocycles. The molecule has 4 rings (SSSR count). The summed E-state index contributed by atoms with van der Waals surface area (Å²) in [7, 11) is 1.73. The molecule has 3 heterocycles. The Labute approximate surface area is 194 Å². The van der Waals surface area contributed by atoms with Crippen molar-refractivity contribution in [3.05, 3.63) is 71.5 Å². The molecule has 1 aromatic carbocycles. The number of morpholine rings is 1. The van der Waals surface area contributed by atoms with E-state index < -0.39 is 0 Å². The van der Waals surface area contributed by atoms with Gasteiger partial charge in [0, 0.05) is 37.6 Å². The number of hydrogen-bond donors (Lipinski definition) is 0. The van der Waals surface area contributed by atoms with Crippen molar-refractivity contribution >= 4 is 17.4 Å². The summed E-state index contributed by atoms with van der Waals surface area (Å²) in [5.41, 5.74) is 3.78. The molecule has 0 radical (unpaired) electrons. The number of carbonyl (C=O) groups excluding carboxylic acids is 1. The third-order valence-electron chi connectivity index (χ3n) is 5.80. The summed E-state index contributed by atoms with van der Waals surface area (Å²) in [6.07, 6.45) is 1.95. The molecule has 168 valence electrons. The van der Waals surface area contributed by atoms with E-state index in [0.29, 0.717) is 33.8 Å². The zero-order valence-electron chi connectivity index (χ0n) is 19.3. The summed E-state index contributed by atoms with van der Waals surface area (Å²) >= 11 is 0. The highest BCUT2D eigenvalue weighted by Crippen LogP contribution is 2.28. The lowest BCUT2D eigenvalue weighted by Crippen LogP contribution is -2.46. The normalized spacial score (nSPS) is 18.0. The smallest absolute Gasteiger partial charge is 0.259 e. The van der Waals surface area contributed by atoms with Crippen LogP contribution in [0.3, 0.4) is 0 Å². The Hall–Kier alpha value is -3.76. The summed E-state index contributed by atoms with van der Waals surface area (Å²) in [4.78, 5) is 26.2. The average Bonchev–Trinajstić information content (AvgIpc) is 2.82. The Balaban J connectivity index is 1.60. The number of pyridine rings is 2. The number of hydrogen-bond acceptors (Lipinski definition) is 6. The number of amides is 1. The maximum atomic E-state index is 13.3. The first-order valence-corrected chi connectivity index (χ1v) is 11.0. The van der Waals surface area contributed by atoms with Gasteiger partial charge < -0.3 is 14.5 Å². The number of nitriles is 1. The van der Waals surface area contributed by atoms with Gasteiger partial charge in [0.2, 0.25) is 0 Å². The van der Waals surface area contributed by atoms with Crippen molar-refractivity contribution in [1.29, 1.82) is 5.26 Å². The summed E-state index contributed by atoms with van der Waals surface area (Å²) in [6.45, 7) is 7.51. The molecule has 2 unspecified atom stereocenters. The third kappa shape index (κ3) is 4.71. The molecule has 7 heteroatoms. The second-order valence-electron chi connectivity index (χ2n) is 8.39. The van der Waals surface area contributed by atoms with Crippen molar-refractivity contribution in [2.45, 2.75) is 33.0 Å². The molecule has 0 saturated carbocycles. The average molecular weight is 442 g/mol. The van der Waals surface area contributed by atoms with E-state index in [2.05, 4.69) is 29.8 Å². The van der Waals surface area contributed by atoms with Crippen LogP contribution in [-0.2, 0) is 4.74 Å². The van der Waals surface area contributed by atoms with Crippen LogP contribution in [-0.4, -0.2) is 48.2 Å². The zero-order chi connectivity index (χ0) is 23.5. The molecule has 0 aliphatic carbocycles. The largest absolute Gasteiger partial charge is 0.372 e. The van der Waals surface area contributed by atoms with Crippen LogP contribution in [0.15, 0.2) is 54.7 Å². The number of aryl methyl sites for hydroxylation is 1.